The summed E-state index contributed by atoms with van der Waals surface area (Å²) in [6.07, 6.45) is 1.16. The number of piperazine rings is 1. The highest BCUT2D eigenvalue weighted by Crippen LogP contribution is 2.26. The van der Waals surface area contributed by atoms with Gasteiger partial charge in [0.15, 0.2) is 0 Å². The van der Waals surface area contributed by atoms with Crippen LogP contribution in [-0.4, -0.2) is 55.6 Å². The standard InChI is InChI=1S/C17H28BrN3/c1-4-19-17(15-7-5-6-8-16(15)18)9-10-21-12-11-20(3)14(2)13-21/h5-8,14,17,19H,4,9-13H2,1-3H3. The smallest absolute Gasteiger partial charge is 0.0343 e. The van der Waals surface area contributed by atoms with E-state index in [9.17, 15) is 0 Å². The molecule has 1 aliphatic heterocycles. The topological polar surface area (TPSA) is 18.5 Å². The molecule has 1 aliphatic rings. The molecule has 1 heterocycles. The first-order valence-electron chi connectivity index (χ1n) is 8.02. The van der Waals surface area contributed by atoms with Crippen LogP contribution >= 0.6 is 15.9 Å². The van der Waals surface area contributed by atoms with E-state index in [4.69, 9.17) is 0 Å². The second-order valence-corrected chi connectivity index (χ2v) is 6.91. The summed E-state index contributed by atoms with van der Waals surface area (Å²) in [7, 11) is 2.23. The molecule has 1 N–H and O–H groups in total. The number of halogens is 1. The Hall–Kier alpha value is -0.420. The van der Waals surface area contributed by atoms with Gasteiger partial charge in [-0.15, -0.1) is 0 Å². The summed E-state index contributed by atoms with van der Waals surface area (Å²) < 4.78 is 1.21. The SMILES string of the molecule is CCNC(CCN1CCN(C)C(C)C1)c1ccccc1Br. The molecule has 2 atom stereocenters. The molecule has 0 amide bonds. The van der Waals surface area contributed by atoms with Crippen LogP contribution in [0.2, 0.25) is 0 Å². The highest BCUT2D eigenvalue weighted by atomic mass is 79.9. The van der Waals surface area contributed by atoms with Gasteiger partial charge in [0.25, 0.3) is 0 Å². The van der Waals surface area contributed by atoms with Gasteiger partial charge in [-0.05, 0) is 38.6 Å². The van der Waals surface area contributed by atoms with Crippen molar-refractivity contribution in [3.05, 3.63) is 34.3 Å². The van der Waals surface area contributed by atoms with Crippen LogP contribution in [-0.2, 0) is 0 Å². The van der Waals surface area contributed by atoms with E-state index in [1.54, 1.807) is 0 Å². The monoisotopic (exact) mass is 353 g/mol. The minimum atomic E-state index is 0.431. The number of nitrogens with zero attached hydrogens (tertiary/aromatic N) is 2. The predicted molar refractivity (Wildman–Crippen MR) is 93.7 cm³/mol. The van der Waals surface area contributed by atoms with E-state index in [1.807, 2.05) is 0 Å². The molecule has 0 saturated carbocycles. The quantitative estimate of drug-likeness (QED) is 0.847. The van der Waals surface area contributed by atoms with E-state index in [2.05, 4.69) is 76.2 Å². The summed E-state index contributed by atoms with van der Waals surface area (Å²) in [5.74, 6) is 0. The zero-order valence-corrected chi connectivity index (χ0v) is 15.1. The Labute approximate surface area is 137 Å². The second-order valence-electron chi connectivity index (χ2n) is 6.05. The highest BCUT2D eigenvalue weighted by molar-refractivity contribution is 9.10. The molecule has 0 radical (unpaired) electrons. The first kappa shape index (κ1) is 16.9. The molecule has 0 bridgehead atoms. The van der Waals surface area contributed by atoms with Gasteiger partial charge >= 0.3 is 0 Å². The molecule has 0 aromatic heterocycles. The van der Waals surface area contributed by atoms with E-state index in [0.717, 1.165) is 19.5 Å². The minimum absolute atomic E-state index is 0.431. The highest BCUT2D eigenvalue weighted by Gasteiger charge is 2.21. The molecular formula is C17H28BrN3. The number of benzene rings is 1. The molecule has 0 spiro atoms. The molecule has 1 saturated heterocycles. The molecule has 0 aliphatic carbocycles. The number of rotatable bonds is 6. The zero-order chi connectivity index (χ0) is 15.2. The van der Waals surface area contributed by atoms with Gasteiger partial charge in [0.2, 0.25) is 0 Å². The van der Waals surface area contributed by atoms with Gasteiger partial charge in [-0.3, -0.25) is 0 Å². The van der Waals surface area contributed by atoms with Crippen molar-refractivity contribution in [3.8, 4) is 0 Å². The molecular weight excluding hydrogens is 326 g/mol. The number of hydrogen-bond acceptors (Lipinski definition) is 3. The normalized spacial score (nSPS) is 22.4. The maximum Gasteiger partial charge on any atom is 0.0343 e. The Kier molecular flexibility index (Phi) is 6.68. The minimum Gasteiger partial charge on any atom is -0.310 e. The number of nitrogens with one attached hydrogen (secondary N) is 1. The Bertz CT molecular complexity index is 438. The van der Waals surface area contributed by atoms with Gasteiger partial charge < -0.3 is 15.1 Å². The number of hydrogen-bond donors (Lipinski definition) is 1. The molecule has 2 unspecified atom stereocenters. The predicted octanol–water partition coefficient (Wildman–Crippen LogP) is 3.13. The maximum atomic E-state index is 3.69. The van der Waals surface area contributed by atoms with Crippen molar-refractivity contribution < 1.29 is 0 Å². The van der Waals surface area contributed by atoms with E-state index in [1.165, 1.54) is 29.7 Å². The van der Waals surface area contributed by atoms with Crippen LogP contribution in [0.4, 0.5) is 0 Å². The Morgan fingerprint density at radius 1 is 1.33 bits per heavy atom. The van der Waals surface area contributed by atoms with Crippen molar-refractivity contribution in [2.24, 2.45) is 0 Å². The van der Waals surface area contributed by atoms with Gasteiger partial charge in [0, 0.05) is 42.7 Å². The van der Waals surface area contributed by atoms with Gasteiger partial charge in [-0.1, -0.05) is 41.1 Å². The van der Waals surface area contributed by atoms with Crippen molar-refractivity contribution >= 4 is 15.9 Å². The fourth-order valence-corrected chi connectivity index (χ4v) is 3.57. The van der Waals surface area contributed by atoms with Crippen LogP contribution in [0.25, 0.3) is 0 Å². The van der Waals surface area contributed by atoms with Crippen LogP contribution in [0.15, 0.2) is 28.7 Å². The van der Waals surface area contributed by atoms with E-state index in [0.29, 0.717) is 12.1 Å². The fourth-order valence-electron chi connectivity index (χ4n) is 3.01. The average Bonchev–Trinajstić information content (AvgIpc) is 2.48. The molecule has 1 aromatic rings. The van der Waals surface area contributed by atoms with Crippen molar-refractivity contribution in [2.75, 3.05) is 39.8 Å². The largest absolute Gasteiger partial charge is 0.310 e. The van der Waals surface area contributed by atoms with Crippen molar-refractivity contribution in [2.45, 2.75) is 32.4 Å². The summed E-state index contributed by atoms with van der Waals surface area (Å²) in [5, 5.41) is 3.63. The average molecular weight is 354 g/mol. The van der Waals surface area contributed by atoms with Gasteiger partial charge in [0.1, 0.15) is 0 Å². The fraction of sp³-hybridized carbons (Fsp3) is 0.647. The van der Waals surface area contributed by atoms with Crippen LogP contribution in [0.5, 0.6) is 0 Å². The molecule has 118 valence electrons. The van der Waals surface area contributed by atoms with Crippen molar-refractivity contribution in [3.63, 3.8) is 0 Å². The molecule has 1 fully saturated rings. The van der Waals surface area contributed by atoms with Gasteiger partial charge in [-0.2, -0.15) is 0 Å². The van der Waals surface area contributed by atoms with E-state index >= 15 is 0 Å². The lowest BCUT2D eigenvalue weighted by molar-refractivity contribution is 0.102. The van der Waals surface area contributed by atoms with Crippen LogP contribution in [0, 0.1) is 0 Å². The maximum absolute atomic E-state index is 3.69. The van der Waals surface area contributed by atoms with E-state index < -0.39 is 0 Å². The van der Waals surface area contributed by atoms with Crippen LogP contribution < -0.4 is 5.32 Å². The Morgan fingerprint density at radius 3 is 2.76 bits per heavy atom. The summed E-state index contributed by atoms with van der Waals surface area (Å²) in [6, 6.07) is 9.67. The third-order valence-electron chi connectivity index (χ3n) is 4.51. The van der Waals surface area contributed by atoms with Gasteiger partial charge in [0.05, 0.1) is 0 Å². The van der Waals surface area contributed by atoms with Crippen molar-refractivity contribution in [1.82, 2.24) is 15.1 Å². The lowest BCUT2D eigenvalue weighted by Crippen LogP contribution is -2.50. The lowest BCUT2D eigenvalue weighted by Gasteiger charge is -2.38. The Balaban J connectivity index is 1.93. The summed E-state index contributed by atoms with van der Waals surface area (Å²) in [5.41, 5.74) is 1.38. The van der Waals surface area contributed by atoms with Crippen LogP contribution in [0.3, 0.4) is 0 Å². The zero-order valence-electron chi connectivity index (χ0n) is 13.5. The van der Waals surface area contributed by atoms with Crippen molar-refractivity contribution in [1.29, 1.82) is 0 Å². The first-order valence-corrected chi connectivity index (χ1v) is 8.81. The summed E-state index contributed by atoms with van der Waals surface area (Å²) in [6.45, 7) is 10.2. The lowest BCUT2D eigenvalue weighted by atomic mass is 10.0. The molecule has 21 heavy (non-hydrogen) atoms. The molecule has 2 rings (SSSR count). The molecule has 3 nitrogen and oxygen atoms in total. The van der Waals surface area contributed by atoms with Crippen LogP contribution in [0.1, 0.15) is 31.9 Å². The van der Waals surface area contributed by atoms with E-state index in [-0.39, 0.29) is 0 Å². The first-order chi connectivity index (χ1) is 10.1. The third-order valence-corrected chi connectivity index (χ3v) is 5.23. The molecule has 1 aromatic carbocycles. The third kappa shape index (κ3) is 4.78. The van der Waals surface area contributed by atoms with Gasteiger partial charge in [-0.25, -0.2) is 0 Å². The number of likely N-dealkylation sites (N-methyl/N-ethyl adjacent to an activating group) is 1. The Morgan fingerprint density at radius 2 is 2.10 bits per heavy atom. The molecule has 4 heteroatoms. The summed E-state index contributed by atoms with van der Waals surface area (Å²) >= 11 is 3.69. The second kappa shape index (κ2) is 8.28. The summed E-state index contributed by atoms with van der Waals surface area (Å²) in [4.78, 5) is 5.05.